The molecule has 0 saturated heterocycles. The number of anilines is 2. The van der Waals surface area contributed by atoms with E-state index in [0.29, 0.717) is 50.1 Å². The minimum atomic E-state index is -0.284. The lowest BCUT2D eigenvalue weighted by Crippen LogP contribution is -2.24. The van der Waals surface area contributed by atoms with Crippen molar-refractivity contribution in [2.75, 3.05) is 30.3 Å². The van der Waals surface area contributed by atoms with E-state index in [4.69, 9.17) is 0 Å². The van der Waals surface area contributed by atoms with Crippen LogP contribution in [0.4, 0.5) is 11.4 Å². The molecule has 0 aliphatic heterocycles. The molecule has 3 rings (SSSR count). The third-order valence-corrected chi connectivity index (χ3v) is 6.65. The van der Waals surface area contributed by atoms with Gasteiger partial charge in [-0.25, -0.2) is 0 Å². The zero-order valence-electron chi connectivity index (χ0n) is 22.9. The number of amides is 4. The maximum Gasteiger partial charge on any atom is 0.224 e. The highest BCUT2D eigenvalue weighted by atomic mass is 16.3. The smallest absolute Gasteiger partial charge is 0.224 e. The highest BCUT2D eigenvalue weighted by Gasteiger charge is 2.29. The van der Waals surface area contributed by atoms with Gasteiger partial charge in [0.05, 0.1) is 6.61 Å². The van der Waals surface area contributed by atoms with Gasteiger partial charge in [-0.1, -0.05) is 26.0 Å². The summed E-state index contributed by atoms with van der Waals surface area (Å²) in [6, 6.07) is 11.3. The van der Waals surface area contributed by atoms with Crippen molar-refractivity contribution in [2.45, 2.75) is 71.1 Å². The molecule has 0 fully saturated rings. The Morgan fingerprint density at radius 2 is 1.08 bits per heavy atom. The maximum absolute atomic E-state index is 12.4. The molecule has 0 aromatic heterocycles. The Balaban J connectivity index is 1.57. The molecule has 1 aliphatic rings. The van der Waals surface area contributed by atoms with Crippen molar-refractivity contribution in [2.24, 2.45) is 0 Å². The summed E-state index contributed by atoms with van der Waals surface area (Å²) < 4.78 is 0. The molecule has 1 aliphatic carbocycles. The van der Waals surface area contributed by atoms with Gasteiger partial charge >= 0.3 is 0 Å². The first-order valence-corrected chi connectivity index (χ1v) is 13.9. The summed E-state index contributed by atoms with van der Waals surface area (Å²) in [5.41, 5.74) is 5.04. The third kappa shape index (κ3) is 8.64. The van der Waals surface area contributed by atoms with Crippen molar-refractivity contribution in [3.8, 4) is 11.1 Å². The normalized spacial score (nSPS) is 11.9. The highest BCUT2D eigenvalue weighted by Crippen LogP contribution is 2.46. The number of rotatable bonds is 15. The van der Waals surface area contributed by atoms with Gasteiger partial charge in [-0.3, -0.25) is 19.2 Å². The minimum absolute atomic E-state index is 0.0453. The Morgan fingerprint density at radius 3 is 1.46 bits per heavy atom. The number of hydrogen-bond donors (Lipinski definition) is 5. The molecular formula is C30H40N4O5. The van der Waals surface area contributed by atoms with E-state index in [1.807, 2.05) is 50.2 Å². The van der Waals surface area contributed by atoms with Gasteiger partial charge in [0, 0.05) is 56.1 Å². The number of nitrogens with one attached hydrogen (secondary N) is 4. The molecule has 2 aromatic rings. The fraction of sp³-hybridized carbons (Fsp3) is 0.467. The van der Waals surface area contributed by atoms with Crippen LogP contribution in [-0.2, 0) is 19.2 Å². The summed E-state index contributed by atoms with van der Waals surface area (Å²) >= 11 is 0. The van der Waals surface area contributed by atoms with Crippen LogP contribution in [0.25, 0.3) is 11.1 Å². The number of hydrogen-bond acceptors (Lipinski definition) is 5. The van der Waals surface area contributed by atoms with Crippen molar-refractivity contribution in [3.63, 3.8) is 0 Å². The van der Waals surface area contributed by atoms with E-state index in [9.17, 15) is 24.3 Å². The fourth-order valence-corrected chi connectivity index (χ4v) is 4.68. The second-order valence-corrected chi connectivity index (χ2v) is 9.84. The Bertz CT molecular complexity index is 1090. The number of benzene rings is 2. The number of carbonyl (C=O) groups is 4. The van der Waals surface area contributed by atoms with E-state index in [-0.39, 0.29) is 49.0 Å². The lowest BCUT2D eigenvalue weighted by atomic mass is 9.97. The molecule has 2 aromatic carbocycles. The summed E-state index contributed by atoms with van der Waals surface area (Å²) in [4.78, 5) is 48.3. The molecule has 4 amide bonds. The average Bonchev–Trinajstić information content (AvgIpc) is 3.22. The number of aliphatic hydroxyl groups is 1. The predicted molar refractivity (Wildman–Crippen MR) is 152 cm³/mol. The highest BCUT2D eigenvalue weighted by molar-refractivity contribution is 5.94. The molecule has 9 heteroatoms. The van der Waals surface area contributed by atoms with Crippen LogP contribution >= 0.6 is 0 Å². The van der Waals surface area contributed by atoms with Crippen LogP contribution in [-0.4, -0.2) is 48.4 Å². The first-order valence-electron chi connectivity index (χ1n) is 13.9. The van der Waals surface area contributed by atoms with Gasteiger partial charge in [0.2, 0.25) is 23.6 Å². The molecule has 0 bridgehead atoms. The molecule has 210 valence electrons. The molecule has 9 nitrogen and oxygen atoms in total. The van der Waals surface area contributed by atoms with Crippen LogP contribution in [0, 0.1) is 0 Å². The van der Waals surface area contributed by atoms with Crippen LogP contribution in [0.5, 0.6) is 0 Å². The van der Waals surface area contributed by atoms with Gasteiger partial charge in [0.15, 0.2) is 0 Å². The first-order chi connectivity index (χ1) is 18.9. The Hall–Kier alpha value is -3.72. The van der Waals surface area contributed by atoms with Gasteiger partial charge in [-0.2, -0.15) is 0 Å². The SMILES string of the molecule is CCCNC(=O)CCCC(=O)Nc1ccc2c(c1)C(CO)c1cc(NC(=O)CCCC(=O)NCCC)ccc1-2. The lowest BCUT2D eigenvalue weighted by Gasteiger charge is -2.13. The van der Waals surface area contributed by atoms with Gasteiger partial charge in [-0.05, 0) is 72.2 Å². The van der Waals surface area contributed by atoms with E-state index in [2.05, 4.69) is 21.3 Å². The second kappa shape index (κ2) is 15.0. The molecule has 0 radical (unpaired) electrons. The largest absolute Gasteiger partial charge is 0.395 e. The van der Waals surface area contributed by atoms with Crippen molar-refractivity contribution >= 4 is 35.0 Å². The van der Waals surface area contributed by atoms with Crippen molar-refractivity contribution in [1.82, 2.24) is 10.6 Å². The van der Waals surface area contributed by atoms with Crippen LogP contribution in [0.1, 0.15) is 82.3 Å². The Morgan fingerprint density at radius 1 is 0.667 bits per heavy atom. The summed E-state index contributed by atoms with van der Waals surface area (Å²) in [6.07, 6.45) is 3.80. The zero-order valence-corrected chi connectivity index (χ0v) is 22.9. The van der Waals surface area contributed by atoms with E-state index in [1.54, 1.807) is 0 Å². The fourth-order valence-electron chi connectivity index (χ4n) is 4.68. The summed E-state index contributed by atoms with van der Waals surface area (Å²) in [5.74, 6) is -0.704. The van der Waals surface area contributed by atoms with E-state index < -0.39 is 0 Å². The lowest BCUT2D eigenvalue weighted by molar-refractivity contribution is -0.122. The Labute approximate surface area is 230 Å². The van der Waals surface area contributed by atoms with Crippen LogP contribution in [0.2, 0.25) is 0 Å². The first kappa shape index (κ1) is 29.8. The molecule has 0 atom stereocenters. The van der Waals surface area contributed by atoms with Gasteiger partial charge in [-0.15, -0.1) is 0 Å². The molecule has 5 N–H and O–H groups in total. The van der Waals surface area contributed by atoms with E-state index in [1.165, 1.54) is 0 Å². The van der Waals surface area contributed by atoms with Crippen LogP contribution in [0.3, 0.4) is 0 Å². The maximum atomic E-state index is 12.4. The van der Waals surface area contributed by atoms with Crippen molar-refractivity contribution in [1.29, 1.82) is 0 Å². The molecule has 0 heterocycles. The number of carbonyl (C=O) groups excluding carboxylic acids is 4. The Kier molecular flexibility index (Phi) is 11.5. The van der Waals surface area contributed by atoms with Crippen LogP contribution < -0.4 is 21.3 Å². The summed E-state index contributed by atoms with van der Waals surface area (Å²) in [7, 11) is 0. The summed E-state index contributed by atoms with van der Waals surface area (Å²) in [5, 5.41) is 21.6. The molecule has 0 spiro atoms. The van der Waals surface area contributed by atoms with E-state index >= 15 is 0 Å². The standard InChI is InChI=1S/C30H40N4O5/c1-3-15-31-27(36)7-5-9-29(38)33-20-11-13-22-23-14-12-21(18-25(23)26(19-35)24(22)17-20)34-30(39)10-6-8-28(37)32-16-4-2/h11-14,17-18,26,35H,3-10,15-16,19H2,1-2H3,(H,31,36)(H,32,37)(H,33,38)(H,34,39). The van der Waals surface area contributed by atoms with Crippen molar-refractivity contribution in [3.05, 3.63) is 47.5 Å². The number of aliphatic hydroxyl groups excluding tert-OH is 1. The molecular weight excluding hydrogens is 496 g/mol. The van der Waals surface area contributed by atoms with Gasteiger partial charge in [0.1, 0.15) is 0 Å². The zero-order chi connectivity index (χ0) is 28.2. The average molecular weight is 537 g/mol. The molecule has 0 saturated carbocycles. The quantitative estimate of drug-likeness (QED) is 0.234. The molecule has 39 heavy (non-hydrogen) atoms. The summed E-state index contributed by atoms with van der Waals surface area (Å²) in [6.45, 7) is 5.14. The second-order valence-electron chi connectivity index (χ2n) is 9.84. The van der Waals surface area contributed by atoms with Gasteiger partial charge < -0.3 is 26.4 Å². The number of fused-ring (bicyclic) bond motifs is 3. The molecule has 0 unspecified atom stereocenters. The topological polar surface area (TPSA) is 137 Å². The van der Waals surface area contributed by atoms with Gasteiger partial charge in [0.25, 0.3) is 0 Å². The predicted octanol–water partition coefficient (Wildman–Crippen LogP) is 4.06. The minimum Gasteiger partial charge on any atom is -0.395 e. The third-order valence-electron chi connectivity index (χ3n) is 6.65. The monoisotopic (exact) mass is 536 g/mol. The van der Waals surface area contributed by atoms with Crippen LogP contribution in [0.15, 0.2) is 36.4 Å². The van der Waals surface area contributed by atoms with Crippen molar-refractivity contribution < 1.29 is 24.3 Å². The van der Waals surface area contributed by atoms with E-state index in [0.717, 1.165) is 35.1 Å².